The maximum atomic E-state index is 14.4. The minimum atomic E-state index is -1.15. The molecule has 132 valence electrons. The van der Waals surface area contributed by atoms with E-state index < -0.39 is 34.2 Å². The molecule has 1 atom stereocenters. The first-order chi connectivity index (χ1) is 11.8. The number of nitro benzene ring substituents is 1. The highest BCUT2D eigenvalue weighted by Crippen LogP contribution is 2.42. The van der Waals surface area contributed by atoms with Gasteiger partial charge in [0.1, 0.15) is 11.3 Å². The summed E-state index contributed by atoms with van der Waals surface area (Å²) in [5, 5.41) is 10.8. The van der Waals surface area contributed by atoms with Gasteiger partial charge in [0.05, 0.1) is 17.4 Å². The molecular formula is C17H16FNO6. The van der Waals surface area contributed by atoms with Crippen LogP contribution in [0, 0.1) is 10.1 Å². The van der Waals surface area contributed by atoms with Gasteiger partial charge in [0.25, 0.3) is 11.7 Å². The highest BCUT2D eigenvalue weighted by Gasteiger charge is 2.39. The average molecular weight is 349 g/mol. The summed E-state index contributed by atoms with van der Waals surface area (Å²) in [6, 6.07) is 4.04. The van der Waals surface area contributed by atoms with Gasteiger partial charge in [-0.2, -0.15) is 4.39 Å². The summed E-state index contributed by atoms with van der Waals surface area (Å²) in [6.45, 7) is 4.26. The normalized spacial score (nSPS) is 17.2. The van der Waals surface area contributed by atoms with Crippen molar-refractivity contribution in [3.8, 4) is 0 Å². The molecular weight excluding hydrogens is 333 g/mol. The second-order valence-corrected chi connectivity index (χ2v) is 5.32. The summed E-state index contributed by atoms with van der Waals surface area (Å²) in [6.07, 6.45) is 0. The van der Waals surface area contributed by atoms with Gasteiger partial charge in [-0.05, 0) is 26.3 Å². The molecule has 25 heavy (non-hydrogen) atoms. The van der Waals surface area contributed by atoms with Gasteiger partial charge < -0.3 is 9.47 Å². The van der Waals surface area contributed by atoms with Gasteiger partial charge in [-0.3, -0.25) is 14.9 Å². The third kappa shape index (κ3) is 3.57. The minimum Gasteiger partial charge on any atom is -0.462 e. The molecule has 0 saturated carbocycles. The molecule has 8 heteroatoms. The SMILES string of the molecule is CCOC(=O)C1=C(F)OC(C)=C(C(C)=O)C1c1ccc([N+](=O)[O-])cc1. The number of esters is 1. The van der Waals surface area contributed by atoms with Gasteiger partial charge in [0, 0.05) is 17.7 Å². The maximum Gasteiger partial charge on any atom is 0.341 e. The fourth-order valence-electron chi connectivity index (χ4n) is 2.69. The van der Waals surface area contributed by atoms with E-state index in [1.54, 1.807) is 6.92 Å². The predicted molar refractivity (Wildman–Crippen MR) is 85.1 cm³/mol. The monoisotopic (exact) mass is 349 g/mol. The second-order valence-electron chi connectivity index (χ2n) is 5.32. The van der Waals surface area contributed by atoms with E-state index in [9.17, 15) is 24.1 Å². The summed E-state index contributed by atoms with van der Waals surface area (Å²) in [5.74, 6) is -2.39. The van der Waals surface area contributed by atoms with Crippen molar-refractivity contribution in [3.63, 3.8) is 0 Å². The van der Waals surface area contributed by atoms with Crippen molar-refractivity contribution in [2.75, 3.05) is 6.61 Å². The molecule has 7 nitrogen and oxygen atoms in total. The van der Waals surface area contributed by atoms with Crippen LogP contribution in [0.15, 0.2) is 47.2 Å². The number of allylic oxidation sites excluding steroid dienone is 2. The van der Waals surface area contributed by atoms with E-state index in [0.29, 0.717) is 5.56 Å². The number of hydrogen-bond donors (Lipinski definition) is 0. The summed E-state index contributed by atoms with van der Waals surface area (Å²) in [5.41, 5.74) is -0.163. The first-order valence-electron chi connectivity index (χ1n) is 7.48. The van der Waals surface area contributed by atoms with Gasteiger partial charge in [-0.25, -0.2) is 4.79 Å². The lowest BCUT2D eigenvalue weighted by atomic mass is 9.81. The molecule has 0 N–H and O–H groups in total. The third-order valence-electron chi connectivity index (χ3n) is 3.72. The quantitative estimate of drug-likeness (QED) is 0.460. The van der Waals surface area contributed by atoms with Crippen LogP contribution in [0.25, 0.3) is 0 Å². The fraction of sp³-hybridized carbons (Fsp3) is 0.294. The van der Waals surface area contributed by atoms with Crippen LogP contribution in [0.2, 0.25) is 0 Å². The van der Waals surface area contributed by atoms with Crippen molar-refractivity contribution in [3.05, 3.63) is 62.9 Å². The molecule has 0 aromatic heterocycles. The molecule has 0 bridgehead atoms. The number of carbonyl (C=O) groups excluding carboxylic acids is 2. The molecule has 0 amide bonds. The average Bonchev–Trinajstić information content (AvgIpc) is 2.53. The molecule has 1 aliphatic heterocycles. The zero-order valence-corrected chi connectivity index (χ0v) is 13.9. The van der Waals surface area contributed by atoms with Gasteiger partial charge >= 0.3 is 5.97 Å². The van der Waals surface area contributed by atoms with Crippen LogP contribution in [-0.2, 0) is 19.1 Å². The van der Waals surface area contributed by atoms with E-state index >= 15 is 0 Å². The highest BCUT2D eigenvalue weighted by atomic mass is 19.1. The molecule has 1 aromatic carbocycles. The Kier molecular flexibility index (Phi) is 5.31. The molecule has 1 aromatic rings. The zero-order valence-electron chi connectivity index (χ0n) is 13.9. The number of ketones is 1. The smallest absolute Gasteiger partial charge is 0.341 e. The van der Waals surface area contributed by atoms with Crippen LogP contribution in [0.1, 0.15) is 32.3 Å². The molecule has 0 aliphatic carbocycles. The Hall–Kier alpha value is -3.03. The number of benzene rings is 1. The Balaban J connectivity index is 2.62. The predicted octanol–water partition coefficient (Wildman–Crippen LogP) is 3.32. The molecule has 1 heterocycles. The Bertz CT molecular complexity index is 794. The van der Waals surface area contributed by atoms with Crippen molar-refractivity contribution in [1.82, 2.24) is 0 Å². The summed E-state index contributed by atoms with van der Waals surface area (Å²) < 4.78 is 24.1. The number of ether oxygens (including phenoxy) is 2. The number of nitro groups is 1. The van der Waals surface area contributed by atoms with E-state index in [2.05, 4.69) is 0 Å². The van der Waals surface area contributed by atoms with Crippen LogP contribution >= 0.6 is 0 Å². The molecule has 0 radical (unpaired) electrons. The molecule has 0 fully saturated rings. The van der Waals surface area contributed by atoms with Gasteiger partial charge in [-0.15, -0.1) is 0 Å². The van der Waals surface area contributed by atoms with Gasteiger partial charge in [0.2, 0.25) is 0 Å². The number of nitrogens with zero attached hydrogens (tertiary/aromatic N) is 1. The number of non-ortho nitro benzene ring substituents is 1. The summed E-state index contributed by atoms with van der Waals surface area (Å²) in [4.78, 5) is 34.5. The Morgan fingerprint density at radius 2 is 1.88 bits per heavy atom. The van der Waals surface area contributed by atoms with E-state index in [0.717, 1.165) is 0 Å². The van der Waals surface area contributed by atoms with Crippen LogP contribution in [0.3, 0.4) is 0 Å². The van der Waals surface area contributed by atoms with E-state index in [1.165, 1.54) is 38.1 Å². The number of halogens is 1. The number of hydrogen-bond acceptors (Lipinski definition) is 6. The van der Waals surface area contributed by atoms with Crippen LogP contribution in [-0.4, -0.2) is 23.3 Å². The van der Waals surface area contributed by atoms with Crippen molar-refractivity contribution >= 4 is 17.4 Å². The minimum absolute atomic E-state index is 0.0146. The molecule has 1 aliphatic rings. The van der Waals surface area contributed by atoms with Crippen molar-refractivity contribution in [2.24, 2.45) is 0 Å². The van der Waals surface area contributed by atoms with E-state index in [4.69, 9.17) is 9.47 Å². The third-order valence-corrected chi connectivity index (χ3v) is 3.72. The van der Waals surface area contributed by atoms with Gasteiger partial charge in [0.15, 0.2) is 5.78 Å². The highest BCUT2D eigenvalue weighted by molar-refractivity contribution is 6.01. The number of Topliss-reactive ketones (excluding diaryl/α,β-unsaturated/α-hetero) is 1. The second kappa shape index (κ2) is 7.25. The number of rotatable bonds is 5. The Morgan fingerprint density at radius 1 is 1.28 bits per heavy atom. The number of carbonyl (C=O) groups is 2. The van der Waals surface area contributed by atoms with Crippen LogP contribution < -0.4 is 0 Å². The van der Waals surface area contributed by atoms with E-state index in [1.807, 2.05) is 0 Å². The van der Waals surface area contributed by atoms with Gasteiger partial charge in [-0.1, -0.05) is 12.1 Å². The first-order valence-corrected chi connectivity index (χ1v) is 7.48. The Labute approximate surface area is 142 Å². The largest absolute Gasteiger partial charge is 0.462 e. The summed E-state index contributed by atoms with van der Waals surface area (Å²) in [7, 11) is 0. The standard InChI is InChI=1S/C17H16FNO6/c1-4-24-17(21)15-14(11-5-7-12(8-6-11)19(22)23)13(9(2)20)10(3)25-16(15)18/h5-8,14H,4H2,1-3H3. The maximum absolute atomic E-state index is 14.4. The van der Waals surface area contributed by atoms with Crippen LogP contribution in [0.4, 0.5) is 10.1 Å². The lowest BCUT2D eigenvalue weighted by molar-refractivity contribution is -0.384. The lowest BCUT2D eigenvalue weighted by Gasteiger charge is -2.27. The van der Waals surface area contributed by atoms with Crippen LogP contribution in [0.5, 0.6) is 0 Å². The lowest BCUT2D eigenvalue weighted by Crippen LogP contribution is -2.25. The zero-order chi connectivity index (χ0) is 18.7. The van der Waals surface area contributed by atoms with Crippen molar-refractivity contribution in [1.29, 1.82) is 0 Å². The molecule has 0 saturated heterocycles. The van der Waals surface area contributed by atoms with Crippen molar-refractivity contribution in [2.45, 2.75) is 26.7 Å². The molecule has 0 spiro atoms. The fourth-order valence-corrected chi connectivity index (χ4v) is 2.69. The topological polar surface area (TPSA) is 95.7 Å². The molecule has 1 unspecified atom stereocenters. The van der Waals surface area contributed by atoms with E-state index in [-0.39, 0.29) is 23.6 Å². The first kappa shape index (κ1) is 18.3. The Morgan fingerprint density at radius 3 is 2.36 bits per heavy atom. The van der Waals surface area contributed by atoms with Crippen molar-refractivity contribution < 1.29 is 28.4 Å². The summed E-state index contributed by atoms with van der Waals surface area (Å²) >= 11 is 0. The molecule has 2 rings (SSSR count).